The van der Waals surface area contributed by atoms with Crippen LogP contribution in [0.4, 0.5) is 0 Å². The Balaban J connectivity index is 3.76. The fourth-order valence-electron chi connectivity index (χ4n) is 0.730. The lowest BCUT2D eigenvalue weighted by Crippen LogP contribution is -2.15. The summed E-state index contributed by atoms with van der Waals surface area (Å²) in [5.41, 5.74) is 0. The molecule has 0 radical (unpaired) electrons. The molecule has 0 atom stereocenters. The molecule has 0 saturated carbocycles. The zero-order valence-electron chi connectivity index (χ0n) is 8.41. The smallest absolute Gasteiger partial charge is 0.178 e. The number of rotatable bonds is 6. The molecular formula is C9H19NO2. The molecule has 0 bridgehead atoms. The van der Waals surface area contributed by atoms with Gasteiger partial charge >= 0.3 is 0 Å². The Morgan fingerprint density at radius 3 is 2.00 bits per heavy atom. The summed E-state index contributed by atoms with van der Waals surface area (Å²) >= 11 is 0. The van der Waals surface area contributed by atoms with Crippen LogP contribution in [0.25, 0.3) is 0 Å². The fraction of sp³-hybridized carbons (Fsp3) is 0.778. The molecule has 3 heteroatoms. The summed E-state index contributed by atoms with van der Waals surface area (Å²) in [4.78, 5) is 1.95. The summed E-state index contributed by atoms with van der Waals surface area (Å²) in [5.74, 6) is 0. The van der Waals surface area contributed by atoms with Gasteiger partial charge in [0.15, 0.2) is 6.29 Å². The molecule has 0 aliphatic rings. The molecule has 0 saturated heterocycles. The summed E-state index contributed by atoms with van der Waals surface area (Å²) in [5, 5.41) is 0. The first-order valence-corrected chi connectivity index (χ1v) is 4.28. The summed E-state index contributed by atoms with van der Waals surface area (Å²) < 4.78 is 10.6. The Hall–Kier alpha value is -0.540. The van der Waals surface area contributed by atoms with Crippen molar-refractivity contribution in [1.82, 2.24) is 4.90 Å². The summed E-state index contributed by atoms with van der Waals surface area (Å²) in [6.07, 6.45) is 3.62. The Kier molecular flexibility index (Phi) is 6.81. The predicted molar refractivity (Wildman–Crippen MR) is 49.9 cm³/mol. The lowest BCUT2D eigenvalue weighted by Gasteiger charge is -2.13. The molecule has 72 valence electrons. The van der Waals surface area contributed by atoms with Crippen LogP contribution < -0.4 is 0 Å². The molecule has 0 aliphatic carbocycles. The normalized spacial score (nSPS) is 11.4. The van der Waals surface area contributed by atoms with E-state index in [4.69, 9.17) is 9.47 Å². The molecule has 0 unspecified atom stereocenters. The third kappa shape index (κ3) is 6.19. The summed E-state index contributed by atoms with van der Waals surface area (Å²) in [7, 11) is 3.93. The molecule has 0 rings (SSSR count). The van der Waals surface area contributed by atoms with Crippen LogP contribution in [0.3, 0.4) is 0 Å². The minimum absolute atomic E-state index is 0.206. The number of hydrogen-bond donors (Lipinski definition) is 0. The molecule has 3 nitrogen and oxygen atoms in total. The maximum Gasteiger partial charge on any atom is 0.178 e. The van der Waals surface area contributed by atoms with Gasteiger partial charge in [0.05, 0.1) is 0 Å². The second kappa shape index (κ2) is 7.13. The Morgan fingerprint density at radius 1 is 1.17 bits per heavy atom. The van der Waals surface area contributed by atoms with E-state index in [0.717, 1.165) is 0 Å². The lowest BCUT2D eigenvalue weighted by molar-refractivity contribution is -0.104. The van der Waals surface area contributed by atoms with Crippen molar-refractivity contribution in [3.63, 3.8) is 0 Å². The van der Waals surface area contributed by atoms with Gasteiger partial charge < -0.3 is 14.4 Å². The second-order valence-electron chi connectivity index (χ2n) is 2.58. The van der Waals surface area contributed by atoms with Crippen LogP contribution >= 0.6 is 0 Å². The van der Waals surface area contributed by atoms with E-state index in [2.05, 4.69) is 0 Å². The standard InChI is InChI=1S/C9H19NO2/c1-5-11-9(12-6-2)7-8-10(3)4/h7-9H,5-6H2,1-4H3/b8-7+. The first-order valence-electron chi connectivity index (χ1n) is 4.28. The predicted octanol–water partition coefficient (Wildman–Crippen LogP) is 1.46. The third-order valence-corrected chi connectivity index (χ3v) is 1.20. The highest BCUT2D eigenvalue weighted by molar-refractivity contribution is 4.82. The van der Waals surface area contributed by atoms with Gasteiger partial charge in [-0.25, -0.2) is 0 Å². The number of ether oxygens (including phenoxy) is 2. The van der Waals surface area contributed by atoms with Crippen molar-refractivity contribution >= 4 is 0 Å². The highest BCUT2D eigenvalue weighted by Crippen LogP contribution is 1.97. The molecule has 0 heterocycles. The van der Waals surface area contributed by atoms with Crippen LogP contribution in [-0.2, 0) is 9.47 Å². The molecule has 0 aromatic rings. The van der Waals surface area contributed by atoms with Gasteiger partial charge in [-0.15, -0.1) is 0 Å². The van der Waals surface area contributed by atoms with Crippen LogP contribution in [0.2, 0.25) is 0 Å². The Labute approximate surface area is 75.0 Å². The molecule has 0 aromatic heterocycles. The maximum absolute atomic E-state index is 5.30. The van der Waals surface area contributed by atoms with Crippen LogP contribution in [0.1, 0.15) is 13.8 Å². The van der Waals surface area contributed by atoms with E-state index in [0.29, 0.717) is 13.2 Å². The summed E-state index contributed by atoms with van der Waals surface area (Å²) in [6, 6.07) is 0. The minimum Gasteiger partial charge on any atom is -0.384 e. The van der Waals surface area contributed by atoms with Crippen molar-refractivity contribution in [2.75, 3.05) is 27.3 Å². The van der Waals surface area contributed by atoms with Crippen molar-refractivity contribution < 1.29 is 9.47 Å². The van der Waals surface area contributed by atoms with E-state index < -0.39 is 0 Å². The van der Waals surface area contributed by atoms with Gasteiger partial charge in [-0.3, -0.25) is 0 Å². The molecule has 0 N–H and O–H groups in total. The van der Waals surface area contributed by atoms with E-state index in [-0.39, 0.29) is 6.29 Å². The quantitative estimate of drug-likeness (QED) is 0.568. The monoisotopic (exact) mass is 173 g/mol. The van der Waals surface area contributed by atoms with E-state index >= 15 is 0 Å². The van der Waals surface area contributed by atoms with E-state index in [1.807, 2.05) is 45.1 Å². The fourth-order valence-corrected chi connectivity index (χ4v) is 0.730. The van der Waals surface area contributed by atoms with Gasteiger partial charge in [-0.2, -0.15) is 0 Å². The van der Waals surface area contributed by atoms with Crippen molar-refractivity contribution in [3.8, 4) is 0 Å². The molecule has 12 heavy (non-hydrogen) atoms. The van der Waals surface area contributed by atoms with Crippen LogP contribution in [0, 0.1) is 0 Å². The molecule has 0 amide bonds. The number of hydrogen-bond acceptors (Lipinski definition) is 3. The number of nitrogens with zero attached hydrogens (tertiary/aromatic N) is 1. The van der Waals surface area contributed by atoms with Gasteiger partial charge in [0.1, 0.15) is 0 Å². The zero-order chi connectivity index (χ0) is 9.40. The first kappa shape index (κ1) is 11.5. The Bertz CT molecular complexity index is 118. The Morgan fingerprint density at radius 2 is 1.67 bits per heavy atom. The van der Waals surface area contributed by atoms with Gasteiger partial charge in [0.2, 0.25) is 0 Å². The second-order valence-corrected chi connectivity index (χ2v) is 2.58. The van der Waals surface area contributed by atoms with Gasteiger partial charge in [0, 0.05) is 27.3 Å². The van der Waals surface area contributed by atoms with E-state index in [1.165, 1.54) is 0 Å². The zero-order valence-corrected chi connectivity index (χ0v) is 8.41. The average Bonchev–Trinajstić information content (AvgIpc) is 2.01. The average molecular weight is 173 g/mol. The van der Waals surface area contributed by atoms with E-state index in [9.17, 15) is 0 Å². The third-order valence-electron chi connectivity index (χ3n) is 1.20. The van der Waals surface area contributed by atoms with Crippen LogP contribution in [0.5, 0.6) is 0 Å². The van der Waals surface area contributed by atoms with Crippen molar-refractivity contribution in [2.45, 2.75) is 20.1 Å². The van der Waals surface area contributed by atoms with Gasteiger partial charge in [-0.05, 0) is 26.1 Å². The highest BCUT2D eigenvalue weighted by Gasteiger charge is 2.00. The van der Waals surface area contributed by atoms with Crippen LogP contribution in [0.15, 0.2) is 12.3 Å². The van der Waals surface area contributed by atoms with E-state index in [1.54, 1.807) is 0 Å². The van der Waals surface area contributed by atoms with Crippen LogP contribution in [-0.4, -0.2) is 38.5 Å². The molecule has 0 aliphatic heterocycles. The van der Waals surface area contributed by atoms with Crippen molar-refractivity contribution in [2.24, 2.45) is 0 Å². The highest BCUT2D eigenvalue weighted by atomic mass is 16.7. The molecular weight excluding hydrogens is 154 g/mol. The van der Waals surface area contributed by atoms with Gasteiger partial charge in [0.25, 0.3) is 0 Å². The van der Waals surface area contributed by atoms with Crippen molar-refractivity contribution in [1.29, 1.82) is 0 Å². The lowest BCUT2D eigenvalue weighted by atomic mass is 10.5. The molecule has 0 aromatic carbocycles. The topological polar surface area (TPSA) is 21.7 Å². The molecule has 0 fully saturated rings. The first-order chi connectivity index (χ1) is 5.70. The largest absolute Gasteiger partial charge is 0.384 e. The van der Waals surface area contributed by atoms with Crippen molar-refractivity contribution in [3.05, 3.63) is 12.3 Å². The SMILES string of the molecule is CCOC(/C=C/N(C)C)OCC. The minimum atomic E-state index is -0.206. The van der Waals surface area contributed by atoms with Gasteiger partial charge in [-0.1, -0.05) is 0 Å². The maximum atomic E-state index is 5.30. The summed E-state index contributed by atoms with van der Waals surface area (Å²) in [6.45, 7) is 5.25. The molecule has 0 spiro atoms.